The summed E-state index contributed by atoms with van der Waals surface area (Å²) in [6.45, 7) is 3.28. The molecular weight excluding hydrogens is 384 g/mol. The highest BCUT2D eigenvalue weighted by atomic mass is 32.1. The lowest BCUT2D eigenvalue weighted by molar-refractivity contribution is -0.120. The number of hydrogen-bond donors (Lipinski definition) is 0. The quantitative estimate of drug-likeness (QED) is 0.568. The molecule has 0 unspecified atom stereocenters. The minimum Gasteiger partial charge on any atom is -0.484 e. The number of aromatic nitrogens is 1. The highest BCUT2D eigenvalue weighted by molar-refractivity contribution is 7.14. The first-order valence-electron chi connectivity index (χ1n) is 9.81. The van der Waals surface area contributed by atoms with Crippen molar-refractivity contribution in [2.75, 3.05) is 24.7 Å². The van der Waals surface area contributed by atoms with E-state index < -0.39 is 0 Å². The van der Waals surface area contributed by atoms with Gasteiger partial charge in [0, 0.05) is 17.6 Å². The molecule has 2 heterocycles. The number of carbonyl (C=O) groups is 1. The van der Waals surface area contributed by atoms with Gasteiger partial charge in [0.2, 0.25) is 0 Å². The van der Waals surface area contributed by atoms with Crippen molar-refractivity contribution in [1.82, 2.24) is 4.98 Å². The highest BCUT2D eigenvalue weighted by Crippen LogP contribution is 2.29. The summed E-state index contributed by atoms with van der Waals surface area (Å²) in [6.07, 6.45) is 2.03. The third-order valence-corrected chi connectivity index (χ3v) is 5.75. The van der Waals surface area contributed by atoms with Crippen LogP contribution in [-0.2, 0) is 9.53 Å². The third-order valence-electron chi connectivity index (χ3n) is 4.89. The summed E-state index contributed by atoms with van der Waals surface area (Å²) < 4.78 is 11.4. The molecule has 1 aliphatic heterocycles. The van der Waals surface area contributed by atoms with Crippen LogP contribution in [0.2, 0.25) is 0 Å². The number of ether oxygens (including phenoxy) is 2. The standard InChI is InChI=1S/C23H24N2O3S/c1-17-9-11-18(12-10-17)21-16-29-23(24-21)25(14-20-8-5-13-27-20)22(26)15-28-19-6-3-2-4-7-19/h2-4,6-7,9-12,16,20H,5,8,13-15H2,1H3/t20-/m1/s1. The predicted molar refractivity (Wildman–Crippen MR) is 116 cm³/mol. The molecule has 1 fully saturated rings. The molecule has 3 aromatic rings. The number of carbonyl (C=O) groups excluding carboxylic acids is 1. The van der Waals surface area contributed by atoms with Crippen LogP contribution in [0.5, 0.6) is 5.75 Å². The Labute approximate surface area is 174 Å². The minimum atomic E-state index is -0.117. The highest BCUT2D eigenvalue weighted by Gasteiger charge is 2.26. The fourth-order valence-corrected chi connectivity index (χ4v) is 4.12. The Hall–Kier alpha value is -2.70. The van der Waals surface area contributed by atoms with Gasteiger partial charge >= 0.3 is 0 Å². The van der Waals surface area contributed by atoms with E-state index in [1.54, 1.807) is 4.90 Å². The van der Waals surface area contributed by atoms with E-state index in [1.807, 2.05) is 35.7 Å². The zero-order chi connectivity index (χ0) is 20.1. The third kappa shape index (κ3) is 5.02. The summed E-state index contributed by atoms with van der Waals surface area (Å²) in [4.78, 5) is 19.5. The molecule has 1 saturated heterocycles. The van der Waals surface area contributed by atoms with Crippen LogP contribution in [0.1, 0.15) is 18.4 Å². The summed E-state index contributed by atoms with van der Waals surface area (Å²) in [5, 5.41) is 2.67. The van der Waals surface area contributed by atoms with Crippen LogP contribution >= 0.6 is 11.3 Å². The van der Waals surface area contributed by atoms with Crippen molar-refractivity contribution in [2.24, 2.45) is 0 Å². The van der Waals surface area contributed by atoms with Crippen LogP contribution in [0.4, 0.5) is 5.13 Å². The number of thiazole rings is 1. The van der Waals surface area contributed by atoms with E-state index in [9.17, 15) is 4.79 Å². The Kier molecular flexibility index (Phi) is 6.22. The van der Waals surface area contributed by atoms with Gasteiger partial charge < -0.3 is 9.47 Å². The van der Waals surface area contributed by atoms with Crippen LogP contribution in [0.3, 0.4) is 0 Å². The van der Waals surface area contributed by atoms with E-state index in [-0.39, 0.29) is 18.6 Å². The number of hydrogen-bond acceptors (Lipinski definition) is 5. The number of aryl methyl sites for hydroxylation is 1. The second kappa shape index (κ2) is 9.20. The van der Waals surface area contributed by atoms with Crippen LogP contribution in [0, 0.1) is 6.92 Å². The van der Waals surface area contributed by atoms with Crippen molar-refractivity contribution in [3.63, 3.8) is 0 Å². The normalized spacial score (nSPS) is 16.0. The molecule has 150 valence electrons. The van der Waals surface area contributed by atoms with E-state index in [0.29, 0.717) is 17.4 Å². The minimum absolute atomic E-state index is 0.0316. The van der Waals surface area contributed by atoms with Gasteiger partial charge in [-0.1, -0.05) is 48.0 Å². The topological polar surface area (TPSA) is 51.7 Å². The number of nitrogens with zero attached hydrogens (tertiary/aromatic N) is 2. The van der Waals surface area contributed by atoms with Gasteiger partial charge in [0.05, 0.1) is 18.3 Å². The lowest BCUT2D eigenvalue weighted by Crippen LogP contribution is -2.40. The molecule has 4 rings (SSSR count). The summed E-state index contributed by atoms with van der Waals surface area (Å²) in [5.41, 5.74) is 3.12. The number of benzene rings is 2. The number of anilines is 1. The van der Waals surface area contributed by atoms with Crippen molar-refractivity contribution < 1.29 is 14.3 Å². The fourth-order valence-electron chi connectivity index (χ4n) is 3.26. The lowest BCUT2D eigenvalue weighted by Gasteiger charge is -2.23. The molecule has 0 N–H and O–H groups in total. The lowest BCUT2D eigenvalue weighted by atomic mass is 10.1. The van der Waals surface area contributed by atoms with E-state index in [1.165, 1.54) is 16.9 Å². The summed E-state index contributed by atoms with van der Waals surface area (Å²) in [6, 6.07) is 17.6. The maximum atomic E-state index is 13.0. The second-order valence-corrected chi connectivity index (χ2v) is 7.96. The molecule has 0 radical (unpaired) electrons. The molecule has 2 aromatic carbocycles. The molecular formula is C23H24N2O3S. The largest absolute Gasteiger partial charge is 0.484 e. The number of para-hydroxylation sites is 1. The van der Waals surface area contributed by atoms with Crippen molar-refractivity contribution in [2.45, 2.75) is 25.9 Å². The summed E-state index contributed by atoms with van der Waals surface area (Å²) in [7, 11) is 0. The summed E-state index contributed by atoms with van der Waals surface area (Å²) in [5.74, 6) is 0.562. The maximum Gasteiger partial charge on any atom is 0.266 e. The van der Waals surface area contributed by atoms with Gasteiger partial charge in [0.25, 0.3) is 5.91 Å². The molecule has 1 aliphatic rings. The average Bonchev–Trinajstić information content (AvgIpc) is 3.44. The molecule has 0 aliphatic carbocycles. The first kappa shape index (κ1) is 19.6. The van der Waals surface area contributed by atoms with Gasteiger partial charge in [-0.15, -0.1) is 11.3 Å². The Morgan fingerprint density at radius 3 is 2.72 bits per heavy atom. The molecule has 1 atom stereocenters. The zero-order valence-electron chi connectivity index (χ0n) is 16.4. The first-order valence-corrected chi connectivity index (χ1v) is 10.7. The van der Waals surface area contributed by atoms with E-state index in [4.69, 9.17) is 14.5 Å². The maximum absolute atomic E-state index is 13.0. The van der Waals surface area contributed by atoms with Gasteiger partial charge in [-0.2, -0.15) is 0 Å². The van der Waals surface area contributed by atoms with Crippen molar-refractivity contribution in [3.05, 3.63) is 65.5 Å². The summed E-state index contributed by atoms with van der Waals surface area (Å²) >= 11 is 1.47. The molecule has 1 amide bonds. The molecule has 0 spiro atoms. The molecule has 1 aromatic heterocycles. The predicted octanol–water partition coefficient (Wildman–Crippen LogP) is 4.71. The Morgan fingerprint density at radius 2 is 2.00 bits per heavy atom. The Morgan fingerprint density at radius 1 is 1.21 bits per heavy atom. The van der Waals surface area contributed by atoms with Crippen LogP contribution in [0.15, 0.2) is 60.0 Å². The first-order chi connectivity index (χ1) is 14.2. The Bertz CT molecular complexity index is 934. The monoisotopic (exact) mass is 408 g/mol. The van der Waals surface area contributed by atoms with Gasteiger partial charge in [0.1, 0.15) is 5.75 Å². The van der Waals surface area contributed by atoms with Gasteiger partial charge in [-0.25, -0.2) is 4.98 Å². The van der Waals surface area contributed by atoms with Gasteiger partial charge in [-0.05, 0) is 31.9 Å². The van der Waals surface area contributed by atoms with Crippen LogP contribution in [-0.4, -0.2) is 36.8 Å². The zero-order valence-corrected chi connectivity index (χ0v) is 17.2. The van der Waals surface area contributed by atoms with E-state index >= 15 is 0 Å². The van der Waals surface area contributed by atoms with Gasteiger partial charge in [-0.3, -0.25) is 9.69 Å². The van der Waals surface area contributed by atoms with E-state index in [2.05, 4.69) is 31.2 Å². The molecule has 6 heteroatoms. The van der Waals surface area contributed by atoms with Gasteiger partial charge in [0.15, 0.2) is 11.7 Å². The second-order valence-electron chi connectivity index (χ2n) is 7.12. The van der Waals surface area contributed by atoms with E-state index in [0.717, 1.165) is 30.7 Å². The molecule has 29 heavy (non-hydrogen) atoms. The SMILES string of the molecule is Cc1ccc(-c2csc(N(C[C@H]3CCCO3)C(=O)COc3ccccc3)n2)cc1. The molecule has 5 nitrogen and oxygen atoms in total. The number of amides is 1. The van der Waals surface area contributed by atoms with Crippen molar-refractivity contribution in [3.8, 4) is 17.0 Å². The van der Waals surface area contributed by atoms with Crippen LogP contribution < -0.4 is 9.64 Å². The van der Waals surface area contributed by atoms with Crippen molar-refractivity contribution in [1.29, 1.82) is 0 Å². The molecule has 0 bridgehead atoms. The fraction of sp³-hybridized carbons (Fsp3) is 0.304. The Balaban J connectivity index is 1.51. The average molecular weight is 409 g/mol. The smallest absolute Gasteiger partial charge is 0.266 e. The van der Waals surface area contributed by atoms with Crippen molar-refractivity contribution >= 4 is 22.4 Å². The number of rotatable bonds is 7. The van der Waals surface area contributed by atoms with Crippen LogP contribution in [0.25, 0.3) is 11.3 Å². The molecule has 0 saturated carbocycles.